The van der Waals surface area contributed by atoms with E-state index < -0.39 is 5.97 Å². The normalized spacial score (nSPS) is 23.1. The van der Waals surface area contributed by atoms with Crippen molar-refractivity contribution in [2.75, 3.05) is 31.1 Å². The topological polar surface area (TPSA) is 65.9 Å². The van der Waals surface area contributed by atoms with Crippen LogP contribution in [0.3, 0.4) is 0 Å². The molecule has 2 aliphatic heterocycles. The average Bonchev–Trinajstić information content (AvgIpc) is 2.79. The highest BCUT2D eigenvalue weighted by molar-refractivity contribution is 6.30. The van der Waals surface area contributed by atoms with Gasteiger partial charge in [-0.3, -0.25) is 4.90 Å². The number of pyridine rings is 1. The third-order valence-electron chi connectivity index (χ3n) is 6.44. The molecule has 3 heterocycles. The van der Waals surface area contributed by atoms with Gasteiger partial charge < -0.3 is 14.7 Å². The molecule has 0 amide bonds. The van der Waals surface area contributed by atoms with Crippen LogP contribution < -0.4 is 4.90 Å². The Labute approximate surface area is 188 Å². The van der Waals surface area contributed by atoms with Gasteiger partial charge in [0.15, 0.2) is 0 Å². The number of rotatable bonds is 6. The monoisotopic (exact) mass is 443 g/mol. The summed E-state index contributed by atoms with van der Waals surface area (Å²) in [6, 6.07) is 12.3. The van der Waals surface area contributed by atoms with Crippen LogP contribution in [-0.4, -0.2) is 65.4 Å². The molecule has 0 unspecified atom stereocenters. The summed E-state index contributed by atoms with van der Waals surface area (Å²) in [5.41, 5.74) is 1.60. The van der Waals surface area contributed by atoms with Gasteiger partial charge in [0.2, 0.25) is 0 Å². The average molecular weight is 444 g/mol. The molecule has 0 aliphatic carbocycles. The van der Waals surface area contributed by atoms with Gasteiger partial charge in [-0.05, 0) is 62.4 Å². The fourth-order valence-corrected chi connectivity index (χ4v) is 4.83. The Hall–Kier alpha value is -2.15. The lowest BCUT2D eigenvalue weighted by atomic mass is 9.96. The van der Waals surface area contributed by atoms with Crippen molar-refractivity contribution in [2.45, 2.75) is 50.8 Å². The second-order valence-corrected chi connectivity index (χ2v) is 9.02. The molecule has 2 aromatic rings. The van der Waals surface area contributed by atoms with Crippen molar-refractivity contribution in [3.05, 3.63) is 58.7 Å². The third-order valence-corrected chi connectivity index (χ3v) is 6.69. The molecule has 0 saturated carbocycles. The maximum atomic E-state index is 11.3. The van der Waals surface area contributed by atoms with Crippen molar-refractivity contribution in [1.82, 2.24) is 9.88 Å². The minimum atomic E-state index is -0.913. The highest BCUT2D eigenvalue weighted by Gasteiger charge is 2.34. The van der Waals surface area contributed by atoms with Gasteiger partial charge >= 0.3 is 5.97 Å². The van der Waals surface area contributed by atoms with Crippen molar-refractivity contribution >= 4 is 23.4 Å². The number of hydrogen-bond donors (Lipinski definition) is 1. The number of carboxylic acids is 1. The number of halogens is 1. The zero-order valence-electron chi connectivity index (χ0n) is 17.9. The summed E-state index contributed by atoms with van der Waals surface area (Å²) >= 11 is 6.02. The fraction of sp³-hybridized carbons (Fsp3) is 0.500. The molecule has 0 bridgehead atoms. The van der Waals surface area contributed by atoms with Crippen LogP contribution in [0.2, 0.25) is 5.02 Å². The van der Waals surface area contributed by atoms with Crippen LogP contribution in [0.4, 0.5) is 5.82 Å². The van der Waals surface area contributed by atoms with E-state index in [1.54, 1.807) is 18.3 Å². The molecule has 2 aliphatic rings. The summed E-state index contributed by atoms with van der Waals surface area (Å²) in [6.45, 7) is 5.66. The zero-order chi connectivity index (χ0) is 21.8. The molecule has 0 radical (unpaired) electrons. The molecule has 4 rings (SSSR count). The van der Waals surface area contributed by atoms with Gasteiger partial charge in [-0.25, -0.2) is 9.78 Å². The standard InChI is InChI=1S/C24H30ClN3O3/c1-17-15-28(22(16-31-17)7-4-18-2-5-20(25)6-3-18)21-9-12-27(13-10-21)23-14-19(24(29)30)8-11-26-23/h2-3,5-6,8,11,14,17,21-22H,4,7,9-10,12-13,15-16H2,1H3,(H,29,30)/t17-,22-/m0/s1. The van der Waals surface area contributed by atoms with Gasteiger partial charge in [0, 0.05) is 42.9 Å². The maximum Gasteiger partial charge on any atom is 0.335 e. The number of aromatic nitrogens is 1. The lowest BCUT2D eigenvalue weighted by molar-refractivity contribution is -0.0767. The van der Waals surface area contributed by atoms with E-state index in [1.807, 2.05) is 12.1 Å². The number of carbonyl (C=O) groups is 1. The van der Waals surface area contributed by atoms with Crippen LogP contribution in [0.5, 0.6) is 0 Å². The number of anilines is 1. The zero-order valence-corrected chi connectivity index (χ0v) is 18.7. The molecule has 31 heavy (non-hydrogen) atoms. The summed E-state index contributed by atoms with van der Waals surface area (Å²) in [5.74, 6) is -0.155. The van der Waals surface area contributed by atoms with Gasteiger partial charge in [-0.15, -0.1) is 0 Å². The summed E-state index contributed by atoms with van der Waals surface area (Å²) in [7, 11) is 0. The molecule has 166 valence electrons. The number of carboxylic acid groups (broad SMARTS) is 1. The number of ether oxygens (including phenoxy) is 1. The molecule has 1 aromatic heterocycles. The van der Waals surface area contributed by atoms with Crippen LogP contribution >= 0.6 is 11.6 Å². The van der Waals surface area contributed by atoms with Gasteiger partial charge in [0.1, 0.15) is 5.82 Å². The Morgan fingerprint density at radius 3 is 2.68 bits per heavy atom. The summed E-state index contributed by atoms with van der Waals surface area (Å²) in [6.07, 6.45) is 6.00. The molecule has 1 N–H and O–H groups in total. The number of piperidine rings is 1. The van der Waals surface area contributed by atoms with Gasteiger partial charge in [0.05, 0.1) is 18.3 Å². The number of nitrogens with zero attached hydrogens (tertiary/aromatic N) is 3. The Morgan fingerprint density at radius 2 is 1.97 bits per heavy atom. The predicted molar refractivity (Wildman–Crippen MR) is 122 cm³/mol. The first-order valence-electron chi connectivity index (χ1n) is 11.1. The van der Waals surface area contributed by atoms with E-state index in [2.05, 4.69) is 33.8 Å². The minimum absolute atomic E-state index is 0.249. The van der Waals surface area contributed by atoms with E-state index in [4.69, 9.17) is 16.3 Å². The van der Waals surface area contributed by atoms with E-state index in [-0.39, 0.29) is 11.7 Å². The highest BCUT2D eigenvalue weighted by atomic mass is 35.5. The lowest BCUT2D eigenvalue weighted by Crippen LogP contribution is -2.56. The number of hydrogen-bond acceptors (Lipinski definition) is 5. The Morgan fingerprint density at radius 1 is 1.23 bits per heavy atom. The van der Waals surface area contributed by atoms with Gasteiger partial charge in [-0.2, -0.15) is 0 Å². The maximum absolute atomic E-state index is 11.3. The Bertz CT molecular complexity index is 884. The quantitative estimate of drug-likeness (QED) is 0.724. The number of morpholine rings is 1. The first-order chi connectivity index (χ1) is 15.0. The van der Waals surface area contributed by atoms with Crippen molar-refractivity contribution in [2.24, 2.45) is 0 Å². The van der Waals surface area contributed by atoms with E-state index in [9.17, 15) is 9.90 Å². The second kappa shape index (κ2) is 9.98. The van der Waals surface area contributed by atoms with Gasteiger partial charge in [0.25, 0.3) is 0 Å². The summed E-state index contributed by atoms with van der Waals surface area (Å²) in [4.78, 5) is 20.5. The van der Waals surface area contributed by atoms with E-state index in [0.29, 0.717) is 12.1 Å². The Balaban J connectivity index is 1.37. The van der Waals surface area contributed by atoms with E-state index in [1.165, 1.54) is 5.56 Å². The van der Waals surface area contributed by atoms with Crippen molar-refractivity contribution < 1.29 is 14.6 Å². The molecule has 2 fully saturated rings. The van der Waals surface area contributed by atoms with Crippen LogP contribution in [0, 0.1) is 0 Å². The van der Waals surface area contributed by atoms with E-state index in [0.717, 1.165) is 62.8 Å². The molecule has 7 heteroatoms. The SMILES string of the molecule is C[C@H]1CN(C2CCN(c3cc(C(=O)O)ccn3)CC2)[C@@H](CCc2ccc(Cl)cc2)CO1. The fourth-order valence-electron chi connectivity index (χ4n) is 4.70. The van der Waals surface area contributed by atoms with Crippen LogP contribution in [-0.2, 0) is 11.2 Å². The van der Waals surface area contributed by atoms with Gasteiger partial charge in [-0.1, -0.05) is 23.7 Å². The molecule has 0 spiro atoms. The molecular weight excluding hydrogens is 414 g/mol. The highest BCUT2D eigenvalue weighted by Crippen LogP contribution is 2.27. The largest absolute Gasteiger partial charge is 0.478 e. The van der Waals surface area contributed by atoms with Crippen LogP contribution in [0.1, 0.15) is 42.1 Å². The van der Waals surface area contributed by atoms with Crippen LogP contribution in [0.15, 0.2) is 42.6 Å². The summed E-state index contributed by atoms with van der Waals surface area (Å²) in [5, 5.41) is 10.0. The predicted octanol–water partition coefficient (Wildman–Crippen LogP) is 4.12. The molecule has 2 saturated heterocycles. The first kappa shape index (κ1) is 22.1. The Kier molecular flexibility index (Phi) is 7.10. The van der Waals surface area contributed by atoms with Crippen molar-refractivity contribution in [3.63, 3.8) is 0 Å². The first-order valence-corrected chi connectivity index (χ1v) is 11.4. The van der Waals surface area contributed by atoms with Crippen molar-refractivity contribution in [3.8, 4) is 0 Å². The number of aryl methyl sites for hydroxylation is 1. The summed E-state index contributed by atoms with van der Waals surface area (Å²) < 4.78 is 6.01. The third kappa shape index (κ3) is 5.56. The molecule has 1 aromatic carbocycles. The van der Waals surface area contributed by atoms with E-state index >= 15 is 0 Å². The number of aromatic carboxylic acids is 1. The number of benzene rings is 1. The van der Waals surface area contributed by atoms with Crippen molar-refractivity contribution in [1.29, 1.82) is 0 Å². The lowest BCUT2D eigenvalue weighted by Gasteiger charge is -2.46. The van der Waals surface area contributed by atoms with Crippen LogP contribution in [0.25, 0.3) is 0 Å². The minimum Gasteiger partial charge on any atom is -0.478 e. The molecule has 6 nitrogen and oxygen atoms in total. The molecule has 2 atom stereocenters. The molecular formula is C24H30ClN3O3. The smallest absolute Gasteiger partial charge is 0.335 e. The second-order valence-electron chi connectivity index (χ2n) is 8.59.